The average Bonchev–Trinajstić information content (AvgIpc) is 2.64. The summed E-state index contributed by atoms with van der Waals surface area (Å²) in [7, 11) is -1.46. The van der Waals surface area contributed by atoms with Crippen molar-refractivity contribution >= 4 is 9.84 Å². The minimum atomic E-state index is -3.00. The second-order valence-electron chi connectivity index (χ2n) is 4.14. The van der Waals surface area contributed by atoms with Gasteiger partial charge in [0.05, 0.1) is 23.3 Å². The number of nitriles is 1. The first-order valence-electron chi connectivity index (χ1n) is 5.11. The molecule has 0 aromatic carbocycles. The number of hydrogen-bond donors (Lipinski definition) is 0. The van der Waals surface area contributed by atoms with Gasteiger partial charge < -0.3 is 4.74 Å². The van der Waals surface area contributed by atoms with Crippen LogP contribution in [0.15, 0.2) is 0 Å². The van der Waals surface area contributed by atoms with Crippen LogP contribution in [0.1, 0.15) is 26.2 Å². The van der Waals surface area contributed by atoms with Gasteiger partial charge in [-0.1, -0.05) is 6.92 Å². The first-order chi connectivity index (χ1) is 6.99. The van der Waals surface area contributed by atoms with Crippen LogP contribution in [0.25, 0.3) is 0 Å². The summed E-state index contributed by atoms with van der Waals surface area (Å²) in [6, 6.07) is 2.22. The van der Waals surface area contributed by atoms with Crippen molar-refractivity contribution in [3.63, 3.8) is 0 Å². The lowest BCUT2D eigenvalue weighted by Crippen LogP contribution is -2.25. The van der Waals surface area contributed by atoms with E-state index in [9.17, 15) is 8.42 Å². The van der Waals surface area contributed by atoms with Gasteiger partial charge in [0.1, 0.15) is 0 Å². The Labute approximate surface area is 91.1 Å². The molecule has 1 aliphatic rings. The Balaban J connectivity index is 2.78. The van der Waals surface area contributed by atoms with Crippen LogP contribution in [0.2, 0.25) is 0 Å². The largest absolute Gasteiger partial charge is 0.383 e. The number of methoxy groups -OCH3 is 1. The molecule has 0 spiro atoms. The van der Waals surface area contributed by atoms with Crippen LogP contribution in [-0.2, 0) is 14.6 Å². The van der Waals surface area contributed by atoms with Crippen molar-refractivity contribution in [2.45, 2.75) is 31.4 Å². The highest BCUT2D eigenvalue weighted by molar-refractivity contribution is 7.92. The van der Waals surface area contributed by atoms with E-state index in [1.54, 1.807) is 14.0 Å². The fourth-order valence-electron chi connectivity index (χ4n) is 2.16. The van der Waals surface area contributed by atoms with Crippen molar-refractivity contribution in [1.82, 2.24) is 0 Å². The zero-order valence-electron chi connectivity index (χ0n) is 9.19. The maximum atomic E-state index is 11.7. The first kappa shape index (κ1) is 12.5. The molecule has 0 aromatic heterocycles. The van der Waals surface area contributed by atoms with Crippen molar-refractivity contribution in [3.05, 3.63) is 0 Å². The van der Waals surface area contributed by atoms with Gasteiger partial charge in [-0.15, -0.1) is 0 Å². The molecule has 0 N–H and O–H groups in total. The molecule has 4 nitrogen and oxygen atoms in total. The molecule has 0 saturated heterocycles. The second-order valence-corrected chi connectivity index (χ2v) is 6.71. The van der Waals surface area contributed by atoms with E-state index in [1.165, 1.54) is 0 Å². The van der Waals surface area contributed by atoms with E-state index in [0.717, 1.165) is 0 Å². The molecule has 0 aliphatic heterocycles. The third-order valence-electron chi connectivity index (χ3n) is 3.13. The molecule has 0 amide bonds. The maximum Gasteiger partial charge on any atom is 0.152 e. The van der Waals surface area contributed by atoms with E-state index < -0.39 is 15.3 Å². The van der Waals surface area contributed by atoms with E-state index in [4.69, 9.17) is 10.00 Å². The van der Waals surface area contributed by atoms with Crippen LogP contribution in [0, 0.1) is 16.7 Å². The molecule has 1 fully saturated rings. The summed E-state index contributed by atoms with van der Waals surface area (Å²) < 4.78 is 28.3. The van der Waals surface area contributed by atoms with Crippen LogP contribution in [0.3, 0.4) is 0 Å². The van der Waals surface area contributed by atoms with Gasteiger partial charge in [0.25, 0.3) is 0 Å². The minimum absolute atomic E-state index is 0.159. The third-order valence-corrected chi connectivity index (χ3v) is 5.35. The Morgan fingerprint density at radius 3 is 2.73 bits per heavy atom. The molecule has 1 rings (SSSR count). The van der Waals surface area contributed by atoms with E-state index >= 15 is 0 Å². The Hall–Kier alpha value is -0.600. The highest BCUT2D eigenvalue weighted by atomic mass is 32.2. The van der Waals surface area contributed by atoms with E-state index in [0.29, 0.717) is 25.9 Å². The number of ether oxygens (including phenoxy) is 1. The standard InChI is InChI=1S/C10H17NO3S/c1-3-15(12,13)9-4-5-10(6-9,7-11)8-14-2/h9H,3-6,8H2,1-2H3/t9-,10+/m1/s1. The normalized spacial score (nSPS) is 31.4. The average molecular weight is 231 g/mol. The summed E-state index contributed by atoms with van der Waals surface area (Å²) in [5, 5.41) is 8.73. The molecule has 1 aliphatic carbocycles. The summed E-state index contributed by atoms with van der Waals surface area (Å²) in [6.45, 7) is 1.98. The molecule has 1 saturated carbocycles. The lowest BCUT2D eigenvalue weighted by Gasteiger charge is -2.19. The summed E-state index contributed by atoms with van der Waals surface area (Å²) in [6.07, 6.45) is 1.64. The lowest BCUT2D eigenvalue weighted by atomic mass is 9.89. The van der Waals surface area contributed by atoms with Gasteiger partial charge in [-0.25, -0.2) is 8.42 Å². The van der Waals surface area contributed by atoms with Gasteiger partial charge in [-0.05, 0) is 19.3 Å². The molecule has 2 atom stereocenters. The smallest absolute Gasteiger partial charge is 0.152 e. The van der Waals surface area contributed by atoms with Crippen LogP contribution < -0.4 is 0 Å². The zero-order chi connectivity index (χ0) is 11.5. The van der Waals surface area contributed by atoms with Crippen molar-refractivity contribution in [1.29, 1.82) is 5.26 Å². The van der Waals surface area contributed by atoms with E-state index in [2.05, 4.69) is 6.07 Å². The fourth-order valence-corrected chi connectivity index (χ4v) is 3.68. The Kier molecular flexibility index (Phi) is 3.74. The van der Waals surface area contributed by atoms with Gasteiger partial charge >= 0.3 is 0 Å². The van der Waals surface area contributed by atoms with E-state index in [-0.39, 0.29) is 11.0 Å². The van der Waals surface area contributed by atoms with Crippen molar-refractivity contribution in [2.24, 2.45) is 5.41 Å². The molecule has 5 heteroatoms. The fraction of sp³-hybridized carbons (Fsp3) is 0.900. The van der Waals surface area contributed by atoms with Crippen LogP contribution in [0.5, 0.6) is 0 Å². The van der Waals surface area contributed by atoms with Crippen LogP contribution in [0.4, 0.5) is 0 Å². The monoisotopic (exact) mass is 231 g/mol. The molecule has 0 heterocycles. The molecule has 15 heavy (non-hydrogen) atoms. The molecular formula is C10H17NO3S. The predicted octanol–water partition coefficient (Wildman–Crippen LogP) is 1.13. The predicted molar refractivity (Wildman–Crippen MR) is 57.0 cm³/mol. The Morgan fingerprint density at radius 1 is 1.60 bits per heavy atom. The molecule has 0 unspecified atom stereocenters. The third kappa shape index (κ3) is 2.50. The van der Waals surface area contributed by atoms with Gasteiger partial charge in [0.15, 0.2) is 9.84 Å². The van der Waals surface area contributed by atoms with Crippen molar-refractivity contribution in [2.75, 3.05) is 19.5 Å². The topological polar surface area (TPSA) is 67.2 Å². The number of nitrogens with zero attached hydrogens (tertiary/aromatic N) is 1. The summed E-state index contributed by atoms with van der Waals surface area (Å²) in [4.78, 5) is 0. The number of hydrogen-bond acceptors (Lipinski definition) is 4. The van der Waals surface area contributed by atoms with Crippen molar-refractivity contribution < 1.29 is 13.2 Å². The van der Waals surface area contributed by atoms with Gasteiger partial charge in [-0.2, -0.15) is 5.26 Å². The molecule has 86 valence electrons. The first-order valence-corrected chi connectivity index (χ1v) is 6.83. The summed E-state index contributed by atoms with van der Waals surface area (Å²) in [5.74, 6) is 0.159. The molecule has 0 radical (unpaired) electrons. The van der Waals surface area contributed by atoms with Crippen LogP contribution >= 0.6 is 0 Å². The highest BCUT2D eigenvalue weighted by Crippen LogP contribution is 2.41. The van der Waals surface area contributed by atoms with Gasteiger partial charge in [0.2, 0.25) is 0 Å². The molecule has 0 aromatic rings. The van der Waals surface area contributed by atoms with E-state index in [1.807, 2.05) is 0 Å². The SMILES string of the molecule is CCS(=O)(=O)[C@@H]1CC[C@](C#N)(COC)C1. The number of sulfone groups is 1. The molecule has 0 bridgehead atoms. The van der Waals surface area contributed by atoms with Crippen molar-refractivity contribution in [3.8, 4) is 6.07 Å². The molecular weight excluding hydrogens is 214 g/mol. The van der Waals surface area contributed by atoms with Gasteiger partial charge in [-0.3, -0.25) is 0 Å². The Bertz CT molecular complexity index is 357. The highest BCUT2D eigenvalue weighted by Gasteiger charge is 2.44. The quantitative estimate of drug-likeness (QED) is 0.727. The summed E-state index contributed by atoms with van der Waals surface area (Å²) in [5.41, 5.74) is -0.582. The van der Waals surface area contributed by atoms with Crippen LogP contribution in [-0.4, -0.2) is 33.1 Å². The summed E-state index contributed by atoms with van der Waals surface area (Å²) >= 11 is 0. The number of rotatable bonds is 4. The zero-order valence-corrected chi connectivity index (χ0v) is 10.0. The minimum Gasteiger partial charge on any atom is -0.383 e. The second kappa shape index (κ2) is 4.50. The van der Waals surface area contributed by atoms with Gasteiger partial charge in [0, 0.05) is 12.9 Å². The Morgan fingerprint density at radius 2 is 2.27 bits per heavy atom. The maximum absolute atomic E-state index is 11.7. The lowest BCUT2D eigenvalue weighted by molar-refractivity contribution is 0.120.